The third-order valence-electron chi connectivity index (χ3n) is 5.00. The molecule has 0 aromatic carbocycles. The van der Waals surface area contributed by atoms with Crippen molar-refractivity contribution >= 4 is 5.84 Å². The molecular formula is C15H30N4O. The van der Waals surface area contributed by atoms with Gasteiger partial charge in [-0.2, -0.15) is 0 Å². The highest BCUT2D eigenvalue weighted by Gasteiger charge is 2.29. The summed E-state index contributed by atoms with van der Waals surface area (Å²) in [5.41, 5.74) is 5.53. The van der Waals surface area contributed by atoms with E-state index in [9.17, 15) is 0 Å². The summed E-state index contributed by atoms with van der Waals surface area (Å²) in [6.45, 7) is 10.2. The van der Waals surface area contributed by atoms with Crippen molar-refractivity contribution < 1.29 is 5.21 Å². The summed E-state index contributed by atoms with van der Waals surface area (Å²) in [6.07, 6.45) is 6.21. The van der Waals surface area contributed by atoms with Gasteiger partial charge in [0.25, 0.3) is 0 Å². The molecule has 2 aliphatic rings. The van der Waals surface area contributed by atoms with Crippen molar-refractivity contribution in [1.29, 1.82) is 0 Å². The van der Waals surface area contributed by atoms with Crippen molar-refractivity contribution in [3.63, 3.8) is 0 Å². The Morgan fingerprint density at radius 3 is 2.85 bits per heavy atom. The lowest BCUT2D eigenvalue weighted by Gasteiger charge is -2.44. The highest BCUT2D eigenvalue weighted by atomic mass is 16.4. The fourth-order valence-electron chi connectivity index (χ4n) is 3.43. The van der Waals surface area contributed by atoms with Gasteiger partial charge >= 0.3 is 0 Å². The van der Waals surface area contributed by atoms with Crippen LogP contribution in [0.2, 0.25) is 0 Å². The lowest BCUT2D eigenvalue weighted by Crippen LogP contribution is -2.54. The largest absolute Gasteiger partial charge is 0.409 e. The van der Waals surface area contributed by atoms with E-state index in [0.717, 1.165) is 25.4 Å². The molecule has 1 atom stereocenters. The summed E-state index contributed by atoms with van der Waals surface area (Å²) >= 11 is 0. The van der Waals surface area contributed by atoms with Crippen LogP contribution in [-0.2, 0) is 0 Å². The Bertz CT molecular complexity index is 343. The number of nitrogens with zero attached hydrogens (tertiary/aromatic N) is 3. The van der Waals surface area contributed by atoms with E-state index in [1.54, 1.807) is 0 Å². The summed E-state index contributed by atoms with van der Waals surface area (Å²) in [5.74, 6) is 0.342. The second kappa shape index (κ2) is 6.76. The lowest BCUT2D eigenvalue weighted by molar-refractivity contribution is 0.0479. The van der Waals surface area contributed by atoms with Gasteiger partial charge in [0.2, 0.25) is 0 Å². The van der Waals surface area contributed by atoms with E-state index in [4.69, 9.17) is 10.9 Å². The molecule has 2 saturated heterocycles. The normalized spacial score (nSPS) is 26.5. The van der Waals surface area contributed by atoms with Crippen molar-refractivity contribution in [2.75, 3.05) is 32.7 Å². The number of hydrogen-bond donors (Lipinski definition) is 2. The Morgan fingerprint density at radius 1 is 1.30 bits per heavy atom. The van der Waals surface area contributed by atoms with Gasteiger partial charge in [-0.15, -0.1) is 0 Å². The summed E-state index contributed by atoms with van der Waals surface area (Å²) in [7, 11) is 0. The molecule has 5 nitrogen and oxygen atoms in total. The molecule has 0 saturated carbocycles. The van der Waals surface area contributed by atoms with Crippen LogP contribution >= 0.6 is 0 Å². The van der Waals surface area contributed by atoms with Crippen molar-refractivity contribution in [1.82, 2.24) is 9.80 Å². The SMILES string of the molecule is CC(C)(CCCN1CCN2CCCCC2C1)C(N)=NO. The standard InChI is InChI=1S/C15H30N4O/c1-15(2,14(16)17-20)7-5-8-18-10-11-19-9-4-3-6-13(19)12-18/h13,20H,3-12H2,1-2H3,(H2,16,17). The van der Waals surface area contributed by atoms with E-state index in [1.807, 2.05) is 13.8 Å². The molecular weight excluding hydrogens is 252 g/mol. The third kappa shape index (κ3) is 3.85. The monoisotopic (exact) mass is 282 g/mol. The van der Waals surface area contributed by atoms with Crippen LogP contribution < -0.4 is 5.73 Å². The topological polar surface area (TPSA) is 65.1 Å². The maximum Gasteiger partial charge on any atom is 0.144 e. The molecule has 116 valence electrons. The van der Waals surface area contributed by atoms with Crippen molar-refractivity contribution in [2.24, 2.45) is 16.3 Å². The number of nitrogens with two attached hydrogens (primary N) is 1. The molecule has 5 heteroatoms. The third-order valence-corrected chi connectivity index (χ3v) is 5.00. The number of piperidine rings is 1. The van der Waals surface area contributed by atoms with Gasteiger partial charge in [0.1, 0.15) is 5.84 Å². The van der Waals surface area contributed by atoms with Gasteiger partial charge in [-0.1, -0.05) is 25.4 Å². The van der Waals surface area contributed by atoms with Gasteiger partial charge in [-0.3, -0.25) is 4.90 Å². The Kier molecular flexibility index (Phi) is 5.27. The van der Waals surface area contributed by atoms with Crippen LogP contribution in [0.15, 0.2) is 5.16 Å². The predicted molar refractivity (Wildman–Crippen MR) is 82.1 cm³/mol. The van der Waals surface area contributed by atoms with Gasteiger partial charge in [0, 0.05) is 31.1 Å². The maximum atomic E-state index is 8.79. The predicted octanol–water partition coefficient (Wildman–Crippen LogP) is 1.71. The molecule has 0 aromatic rings. The van der Waals surface area contributed by atoms with E-state index in [-0.39, 0.29) is 5.41 Å². The van der Waals surface area contributed by atoms with E-state index >= 15 is 0 Å². The minimum Gasteiger partial charge on any atom is -0.409 e. The van der Waals surface area contributed by atoms with Crippen LogP contribution in [0.3, 0.4) is 0 Å². The first-order chi connectivity index (χ1) is 9.53. The van der Waals surface area contributed by atoms with Crippen molar-refractivity contribution in [3.8, 4) is 0 Å². The number of amidine groups is 1. The van der Waals surface area contributed by atoms with E-state index < -0.39 is 0 Å². The molecule has 3 N–H and O–H groups in total. The molecule has 0 spiro atoms. The molecule has 0 aromatic heterocycles. The molecule has 0 aliphatic carbocycles. The van der Waals surface area contributed by atoms with Crippen LogP contribution in [0.25, 0.3) is 0 Å². The highest BCUT2D eigenvalue weighted by Crippen LogP contribution is 2.24. The summed E-state index contributed by atoms with van der Waals surface area (Å²) < 4.78 is 0. The lowest BCUT2D eigenvalue weighted by atomic mass is 9.86. The first kappa shape index (κ1) is 15.6. The highest BCUT2D eigenvalue weighted by molar-refractivity contribution is 5.85. The number of hydrogen-bond acceptors (Lipinski definition) is 4. The quantitative estimate of drug-likeness (QED) is 0.349. The molecule has 2 heterocycles. The minimum absolute atomic E-state index is 0.207. The van der Waals surface area contributed by atoms with E-state index in [0.29, 0.717) is 5.84 Å². The molecule has 2 aliphatic heterocycles. The summed E-state index contributed by atoms with van der Waals surface area (Å²) in [5, 5.41) is 11.9. The molecule has 0 amide bonds. The summed E-state index contributed by atoms with van der Waals surface area (Å²) in [6, 6.07) is 0.787. The molecule has 2 rings (SSSR count). The maximum absolute atomic E-state index is 8.79. The number of oxime groups is 1. The van der Waals surface area contributed by atoms with Crippen molar-refractivity contribution in [3.05, 3.63) is 0 Å². The Balaban J connectivity index is 1.72. The fraction of sp³-hybridized carbons (Fsp3) is 0.933. The zero-order chi connectivity index (χ0) is 14.6. The molecule has 20 heavy (non-hydrogen) atoms. The second-order valence-corrected chi connectivity index (χ2v) is 6.96. The van der Waals surface area contributed by atoms with Crippen LogP contribution in [0, 0.1) is 5.41 Å². The number of rotatable bonds is 5. The van der Waals surface area contributed by atoms with Gasteiger partial charge in [0.15, 0.2) is 0 Å². The fourth-order valence-corrected chi connectivity index (χ4v) is 3.43. The van der Waals surface area contributed by atoms with Crippen LogP contribution in [0.4, 0.5) is 0 Å². The molecule has 0 bridgehead atoms. The zero-order valence-corrected chi connectivity index (χ0v) is 13.0. The Labute approximate surface area is 122 Å². The first-order valence-electron chi connectivity index (χ1n) is 7.97. The van der Waals surface area contributed by atoms with Gasteiger partial charge in [-0.25, -0.2) is 0 Å². The average Bonchev–Trinajstić information content (AvgIpc) is 2.46. The average molecular weight is 282 g/mol. The van der Waals surface area contributed by atoms with Gasteiger partial charge in [0.05, 0.1) is 0 Å². The zero-order valence-electron chi connectivity index (χ0n) is 13.0. The number of piperazine rings is 1. The second-order valence-electron chi connectivity index (χ2n) is 6.96. The molecule has 2 fully saturated rings. The van der Waals surface area contributed by atoms with Gasteiger partial charge in [-0.05, 0) is 38.8 Å². The molecule has 0 radical (unpaired) electrons. The van der Waals surface area contributed by atoms with E-state index in [1.165, 1.54) is 45.4 Å². The van der Waals surface area contributed by atoms with Gasteiger partial charge < -0.3 is 15.8 Å². The smallest absolute Gasteiger partial charge is 0.144 e. The Morgan fingerprint density at radius 2 is 2.10 bits per heavy atom. The van der Waals surface area contributed by atoms with Crippen LogP contribution in [0.1, 0.15) is 46.0 Å². The summed E-state index contributed by atoms with van der Waals surface area (Å²) in [4.78, 5) is 5.26. The van der Waals surface area contributed by atoms with Crippen LogP contribution in [-0.4, -0.2) is 59.6 Å². The Hall–Kier alpha value is -0.810. The number of fused-ring (bicyclic) bond motifs is 1. The molecule has 1 unspecified atom stereocenters. The first-order valence-corrected chi connectivity index (χ1v) is 7.97. The van der Waals surface area contributed by atoms with Crippen molar-refractivity contribution in [2.45, 2.75) is 52.0 Å². The van der Waals surface area contributed by atoms with E-state index in [2.05, 4.69) is 15.0 Å². The minimum atomic E-state index is -0.207. The van der Waals surface area contributed by atoms with Crippen LogP contribution in [0.5, 0.6) is 0 Å².